The van der Waals surface area contributed by atoms with Crippen molar-refractivity contribution in [3.8, 4) is 17.2 Å². The summed E-state index contributed by atoms with van der Waals surface area (Å²) in [7, 11) is 0. The van der Waals surface area contributed by atoms with E-state index in [4.69, 9.17) is 9.47 Å². The number of nitrogens with zero attached hydrogens (tertiary/aromatic N) is 2. The number of Topliss-reactive ketones (excluding diaryl/α,β-unsaturated/α-hetero) is 1. The lowest BCUT2D eigenvalue weighted by Gasteiger charge is -2.25. The third kappa shape index (κ3) is 4.42. The number of benzene rings is 2. The van der Waals surface area contributed by atoms with E-state index in [-0.39, 0.29) is 22.6 Å². The van der Waals surface area contributed by atoms with E-state index in [2.05, 4.69) is 4.98 Å². The molecule has 1 amide bonds. The standard InChI is InChI=1S/C27H26N2O6/c1-4-34-17-10-11-18(22(15-17)35-5-2)25(31)23-24(19-8-6-7-13-28-19)29(27(33)26(23)32)20-14-16(3)9-12-21(20)30/h6-15,24,30-31H,4-5H2,1-3H3/b25-23-. The van der Waals surface area contributed by atoms with Gasteiger partial charge < -0.3 is 19.7 Å². The van der Waals surface area contributed by atoms with Crippen molar-refractivity contribution in [1.29, 1.82) is 0 Å². The fourth-order valence-electron chi connectivity index (χ4n) is 4.10. The summed E-state index contributed by atoms with van der Waals surface area (Å²) >= 11 is 0. The zero-order chi connectivity index (χ0) is 25.1. The summed E-state index contributed by atoms with van der Waals surface area (Å²) in [5.74, 6) is -1.50. The highest BCUT2D eigenvalue weighted by Gasteiger charge is 2.48. The van der Waals surface area contributed by atoms with Crippen molar-refractivity contribution in [2.24, 2.45) is 0 Å². The Kier molecular flexibility index (Phi) is 6.73. The molecule has 4 rings (SSSR count). The molecule has 1 unspecified atom stereocenters. The number of rotatable bonds is 7. The van der Waals surface area contributed by atoms with Crippen LogP contribution in [0.4, 0.5) is 5.69 Å². The fourth-order valence-corrected chi connectivity index (χ4v) is 4.10. The number of carbonyl (C=O) groups excluding carboxylic acids is 2. The van der Waals surface area contributed by atoms with Gasteiger partial charge in [-0.2, -0.15) is 0 Å². The van der Waals surface area contributed by atoms with Crippen molar-refractivity contribution < 1.29 is 29.3 Å². The Bertz CT molecular complexity index is 1300. The summed E-state index contributed by atoms with van der Waals surface area (Å²) < 4.78 is 11.3. The molecule has 2 aromatic carbocycles. The highest BCUT2D eigenvalue weighted by Crippen LogP contribution is 2.45. The van der Waals surface area contributed by atoms with Gasteiger partial charge in [0, 0.05) is 12.3 Å². The number of aliphatic hydroxyl groups is 1. The average molecular weight is 475 g/mol. The third-order valence-corrected chi connectivity index (χ3v) is 5.62. The Morgan fingerprint density at radius 1 is 1.03 bits per heavy atom. The van der Waals surface area contributed by atoms with Crippen molar-refractivity contribution in [3.63, 3.8) is 0 Å². The molecule has 180 valence electrons. The molecule has 1 fully saturated rings. The second-order valence-corrected chi connectivity index (χ2v) is 7.94. The SMILES string of the molecule is CCOc1ccc(/C(O)=C2/C(=O)C(=O)N(c3cc(C)ccc3O)C2c2ccccn2)c(OCC)c1. The van der Waals surface area contributed by atoms with Gasteiger partial charge in [0.1, 0.15) is 29.0 Å². The number of hydrogen-bond acceptors (Lipinski definition) is 7. The summed E-state index contributed by atoms with van der Waals surface area (Å²) in [5.41, 5.74) is 1.38. The normalized spacial score (nSPS) is 17.0. The number of phenolic OH excluding ortho intramolecular Hbond substituents is 1. The average Bonchev–Trinajstić information content (AvgIpc) is 3.12. The van der Waals surface area contributed by atoms with Gasteiger partial charge in [-0.25, -0.2) is 0 Å². The van der Waals surface area contributed by atoms with Crippen LogP contribution in [0.1, 0.15) is 36.7 Å². The van der Waals surface area contributed by atoms with Crippen molar-refractivity contribution in [2.45, 2.75) is 26.8 Å². The van der Waals surface area contributed by atoms with E-state index in [1.807, 2.05) is 13.8 Å². The third-order valence-electron chi connectivity index (χ3n) is 5.62. The van der Waals surface area contributed by atoms with E-state index in [1.54, 1.807) is 55.5 Å². The number of aryl methyl sites for hydroxylation is 1. The minimum Gasteiger partial charge on any atom is -0.507 e. The number of ketones is 1. The molecule has 35 heavy (non-hydrogen) atoms. The van der Waals surface area contributed by atoms with Gasteiger partial charge in [-0.3, -0.25) is 19.5 Å². The lowest BCUT2D eigenvalue weighted by molar-refractivity contribution is -0.132. The number of aromatic hydroxyl groups is 1. The molecule has 1 aromatic heterocycles. The molecular formula is C27H26N2O6. The Hall–Kier alpha value is -4.33. The number of carbonyl (C=O) groups is 2. The molecule has 0 radical (unpaired) electrons. The second-order valence-electron chi connectivity index (χ2n) is 7.94. The van der Waals surface area contributed by atoms with Gasteiger partial charge in [-0.1, -0.05) is 12.1 Å². The van der Waals surface area contributed by atoms with Crippen LogP contribution in [0, 0.1) is 6.92 Å². The molecule has 1 atom stereocenters. The first-order chi connectivity index (χ1) is 16.9. The second kappa shape index (κ2) is 9.89. The number of ether oxygens (including phenoxy) is 2. The van der Waals surface area contributed by atoms with Gasteiger partial charge in [0.05, 0.1) is 35.7 Å². The maximum atomic E-state index is 13.3. The first-order valence-corrected chi connectivity index (χ1v) is 11.3. The first-order valence-electron chi connectivity index (χ1n) is 11.3. The van der Waals surface area contributed by atoms with Crippen molar-refractivity contribution in [2.75, 3.05) is 18.1 Å². The molecule has 3 aromatic rings. The van der Waals surface area contributed by atoms with Crippen LogP contribution in [0.3, 0.4) is 0 Å². The molecule has 0 saturated carbocycles. The Balaban J connectivity index is 1.96. The van der Waals surface area contributed by atoms with Crippen molar-refractivity contribution >= 4 is 23.1 Å². The van der Waals surface area contributed by atoms with E-state index >= 15 is 0 Å². The maximum absolute atomic E-state index is 13.3. The minimum atomic E-state index is -1.06. The summed E-state index contributed by atoms with van der Waals surface area (Å²) in [6.45, 7) is 6.21. The molecule has 1 aliphatic heterocycles. The zero-order valence-electron chi connectivity index (χ0n) is 19.7. The largest absolute Gasteiger partial charge is 0.507 e. The Labute approximate surface area is 203 Å². The smallest absolute Gasteiger partial charge is 0.300 e. The topological polar surface area (TPSA) is 109 Å². The highest BCUT2D eigenvalue weighted by atomic mass is 16.5. The van der Waals surface area contributed by atoms with E-state index in [0.29, 0.717) is 30.4 Å². The maximum Gasteiger partial charge on any atom is 0.300 e. The molecular weight excluding hydrogens is 448 g/mol. The van der Waals surface area contributed by atoms with Crippen LogP contribution in [0.15, 0.2) is 66.4 Å². The summed E-state index contributed by atoms with van der Waals surface area (Å²) in [5, 5.41) is 22.0. The van der Waals surface area contributed by atoms with E-state index in [1.165, 1.54) is 17.2 Å². The lowest BCUT2D eigenvalue weighted by atomic mass is 9.97. The number of amides is 1. The quantitative estimate of drug-likeness (QED) is 0.294. The lowest BCUT2D eigenvalue weighted by Crippen LogP contribution is -2.30. The Morgan fingerprint density at radius 3 is 2.49 bits per heavy atom. The summed E-state index contributed by atoms with van der Waals surface area (Å²) in [6, 6.07) is 13.6. The van der Waals surface area contributed by atoms with Crippen LogP contribution in [0.2, 0.25) is 0 Å². The van der Waals surface area contributed by atoms with Crippen molar-refractivity contribution in [1.82, 2.24) is 4.98 Å². The molecule has 0 bridgehead atoms. The number of anilines is 1. The Morgan fingerprint density at radius 2 is 1.80 bits per heavy atom. The summed E-state index contributed by atoms with van der Waals surface area (Å²) in [6.07, 6.45) is 1.54. The monoisotopic (exact) mass is 474 g/mol. The van der Waals surface area contributed by atoms with E-state index in [0.717, 1.165) is 5.56 Å². The molecule has 0 aliphatic carbocycles. The van der Waals surface area contributed by atoms with Gasteiger partial charge in [0.2, 0.25) is 0 Å². The predicted molar refractivity (Wildman–Crippen MR) is 131 cm³/mol. The van der Waals surface area contributed by atoms with Crippen LogP contribution in [0.25, 0.3) is 5.76 Å². The molecule has 0 spiro atoms. The van der Waals surface area contributed by atoms with Gasteiger partial charge in [-0.15, -0.1) is 0 Å². The van der Waals surface area contributed by atoms with Gasteiger partial charge in [0.15, 0.2) is 0 Å². The van der Waals surface area contributed by atoms with Crippen LogP contribution in [0.5, 0.6) is 17.2 Å². The minimum absolute atomic E-state index is 0.151. The highest BCUT2D eigenvalue weighted by molar-refractivity contribution is 6.51. The van der Waals surface area contributed by atoms with E-state index < -0.39 is 23.5 Å². The fraction of sp³-hybridized carbons (Fsp3) is 0.222. The van der Waals surface area contributed by atoms with Crippen LogP contribution in [-0.4, -0.2) is 40.1 Å². The number of hydrogen-bond donors (Lipinski definition) is 2. The van der Waals surface area contributed by atoms with E-state index in [9.17, 15) is 19.8 Å². The van der Waals surface area contributed by atoms with Crippen LogP contribution in [-0.2, 0) is 9.59 Å². The molecule has 2 heterocycles. The number of aromatic nitrogens is 1. The molecule has 8 nitrogen and oxygen atoms in total. The number of pyridine rings is 1. The van der Waals surface area contributed by atoms with Crippen LogP contribution < -0.4 is 14.4 Å². The molecule has 2 N–H and O–H groups in total. The first kappa shape index (κ1) is 23.8. The van der Waals surface area contributed by atoms with Gasteiger partial charge in [0.25, 0.3) is 11.7 Å². The molecule has 8 heteroatoms. The predicted octanol–water partition coefficient (Wildman–Crippen LogP) is 4.52. The number of aliphatic hydroxyl groups excluding tert-OH is 1. The summed E-state index contributed by atoms with van der Waals surface area (Å²) in [4.78, 5) is 32.2. The molecule has 1 aliphatic rings. The van der Waals surface area contributed by atoms with Gasteiger partial charge in [-0.05, 0) is 62.7 Å². The molecule has 1 saturated heterocycles. The van der Waals surface area contributed by atoms with Gasteiger partial charge >= 0.3 is 0 Å². The zero-order valence-corrected chi connectivity index (χ0v) is 19.7. The van der Waals surface area contributed by atoms with Crippen molar-refractivity contribution in [3.05, 3.63) is 83.2 Å². The van der Waals surface area contributed by atoms with Crippen LogP contribution >= 0.6 is 0 Å². The number of phenols is 1.